The monoisotopic (exact) mass is 552 g/mol. The van der Waals surface area contributed by atoms with E-state index >= 15 is 0 Å². The molecule has 0 atom stereocenters. The molecule has 3 aromatic heterocycles. The van der Waals surface area contributed by atoms with E-state index in [2.05, 4.69) is 48.3 Å². The van der Waals surface area contributed by atoms with Gasteiger partial charge in [0.2, 0.25) is 0 Å². The van der Waals surface area contributed by atoms with E-state index in [-0.39, 0.29) is 11.5 Å². The summed E-state index contributed by atoms with van der Waals surface area (Å²) in [5, 5.41) is 9.85. The zero-order valence-electron chi connectivity index (χ0n) is 22.9. The van der Waals surface area contributed by atoms with Gasteiger partial charge in [-0.25, -0.2) is 9.97 Å². The molecule has 0 amide bonds. The van der Waals surface area contributed by atoms with Crippen molar-refractivity contribution in [2.45, 2.75) is 6.92 Å². The number of hydrogen-bond acceptors (Lipinski definition) is 4. The van der Waals surface area contributed by atoms with Crippen molar-refractivity contribution in [1.29, 1.82) is 0 Å². The molecule has 0 spiro atoms. The fourth-order valence-corrected chi connectivity index (χ4v) is 7.39. The third-order valence-corrected chi connectivity index (χ3v) is 9.25. The molecule has 0 N–H and O–H groups in total. The van der Waals surface area contributed by atoms with Crippen molar-refractivity contribution in [2.24, 2.45) is 0 Å². The number of rotatable bonds is 1. The van der Waals surface area contributed by atoms with Crippen molar-refractivity contribution < 1.29 is 4.79 Å². The summed E-state index contributed by atoms with van der Waals surface area (Å²) in [4.78, 5) is 37.4. The van der Waals surface area contributed by atoms with Crippen molar-refractivity contribution >= 4 is 87.5 Å². The number of hydrogen-bond donors (Lipinski definition) is 0. The van der Waals surface area contributed by atoms with Gasteiger partial charge in [-0.2, -0.15) is 0 Å². The predicted octanol–water partition coefficient (Wildman–Crippen LogP) is 7.84. The van der Waals surface area contributed by atoms with Gasteiger partial charge in [0.05, 0.1) is 22.1 Å². The quantitative estimate of drug-likeness (QED) is 0.154. The SMILES string of the molecule is Cc1ccc2c3ccc4c(=O)n5c6ccccc6nc5c5ccc(c6ccc(C(=O)n7cnc8ccccc87)c1c26)c3c45. The molecule has 200 valence electrons. The maximum atomic E-state index is 14.1. The van der Waals surface area contributed by atoms with Crippen LogP contribution in [0.25, 0.3) is 81.6 Å². The Balaban J connectivity index is 1.36. The first-order valence-electron chi connectivity index (χ1n) is 14.3. The Morgan fingerprint density at radius 3 is 1.98 bits per heavy atom. The van der Waals surface area contributed by atoms with Crippen LogP contribution in [0, 0.1) is 6.92 Å². The zero-order chi connectivity index (χ0) is 28.6. The average Bonchev–Trinajstić information content (AvgIpc) is 3.65. The lowest BCUT2D eigenvalue weighted by Crippen LogP contribution is -2.13. The number of carbonyl (C=O) groups is 1. The van der Waals surface area contributed by atoms with E-state index in [9.17, 15) is 9.59 Å². The first-order chi connectivity index (χ1) is 21.1. The number of fused-ring (bicyclic) bond motifs is 7. The summed E-state index contributed by atoms with van der Waals surface area (Å²) >= 11 is 0. The van der Waals surface area contributed by atoms with Crippen molar-refractivity contribution in [1.82, 2.24) is 18.9 Å². The van der Waals surface area contributed by atoms with Gasteiger partial charge in [0, 0.05) is 21.7 Å². The van der Waals surface area contributed by atoms with E-state index in [4.69, 9.17) is 4.98 Å². The molecule has 10 rings (SSSR count). The number of para-hydroxylation sites is 4. The second-order valence-corrected chi connectivity index (χ2v) is 11.4. The van der Waals surface area contributed by atoms with Crippen LogP contribution < -0.4 is 5.56 Å². The number of imidazole rings is 2. The highest BCUT2D eigenvalue weighted by Gasteiger charge is 2.23. The minimum atomic E-state index is -0.110. The number of carbonyl (C=O) groups excluding carboxylic acids is 1. The summed E-state index contributed by atoms with van der Waals surface area (Å²) in [7, 11) is 0. The van der Waals surface area contributed by atoms with Crippen LogP contribution in [0.3, 0.4) is 0 Å². The Bertz CT molecular complexity index is 2880. The van der Waals surface area contributed by atoms with Crippen LogP contribution in [0.2, 0.25) is 0 Å². The summed E-state index contributed by atoms with van der Waals surface area (Å²) < 4.78 is 3.38. The molecule has 10 aromatic rings. The molecule has 0 radical (unpaired) electrons. The van der Waals surface area contributed by atoms with Gasteiger partial charge in [-0.05, 0) is 92.7 Å². The van der Waals surface area contributed by atoms with Crippen LogP contribution in [0.4, 0.5) is 0 Å². The maximum Gasteiger partial charge on any atom is 0.264 e. The third kappa shape index (κ3) is 2.69. The van der Waals surface area contributed by atoms with Crippen LogP contribution in [0.15, 0.2) is 108 Å². The maximum absolute atomic E-state index is 14.1. The van der Waals surface area contributed by atoms with Crippen LogP contribution in [-0.2, 0) is 0 Å². The molecule has 6 nitrogen and oxygen atoms in total. The minimum Gasteiger partial charge on any atom is -0.268 e. The molecule has 0 aliphatic heterocycles. The summed E-state index contributed by atoms with van der Waals surface area (Å²) in [5.41, 5.74) is 5.47. The molecule has 0 bridgehead atoms. The van der Waals surface area contributed by atoms with E-state index in [1.807, 2.05) is 60.7 Å². The topological polar surface area (TPSA) is 69.3 Å². The van der Waals surface area contributed by atoms with Crippen LogP contribution in [0.5, 0.6) is 0 Å². The fourth-order valence-electron chi connectivity index (χ4n) is 7.39. The number of nitrogens with zero attached hydrogens (tertiary/aromatic N) is 4. The first kappa shape index (κ1) is 22.8. The Morgan fingerprint density at radius 2 is 1.19 bits per heavy atom. The van der Waals surface area contributed by atoms with E-state index < -0.39 is 0 Å². The van der Waals surface area contributed by atoms with Gasteiger partial charge in [0.1, 0.15) is 12.0 Å². The lowest BCUT2D eigenvalue weighted by atomic mass is 9.85. The summed E-state index contributed by atoms with van der Waals surface area (Å²) in [6.07, 6.45) is 1.61. The highest BCUT2D eigenvalue weighted by molar-refractivity contribution is 6.38. The van der Waals surface area contributed by atoms with Crippen molar-refractivity contribution in [2.75, 3.05) is 0 Å². The highest BCUT2D eigenvalue weighted by Crippen LogP contribution is 2.45. The van der Waals surface area contributed by atoms with Gasteiger partial charge in [0.25, 0.3) is 11.5 Å². The second-order valence-electron chi connectivity index (χ2n) is 11.4. The van der Waals surface area contributed by atoms with Crippen LogP contribution >= 0.6 is 0 Å². The number of aromatic nitrogens is 4. The summed E-state index contributed by atoms with van der Waals surface area (Å²) in [6.45, 7) is 2.06. The lowest BCUT2D eigenvalue weighted by molar-refractivity contribution is 0.0966. The second kappa shape index (κ2) is 7.69. The third-order valence-electron chi connectivity index (χ3n) is 9.25. The van der Waals surface area contributed by atoms with Crippen LogP contribution in [0.1, 0.15) is 15.9 Å². The molecule has 7 aromatic carbocycles. The number of benzene rings is 7. The molecule has 3 heterocycles. The average molecular weight is 553 g/mol. The summed E-state index contributed by atoms with van der Waals surface area (Å²) in [5.74, 6) is -0.110. The number of aryl methyl sites for hydroxylation is 1. The molecular weight excluding hydrogens is 532 g/mol. The summed E-state index contributed by atoms with van der Waals surface area (Å²) in [6, 6.07) is 32.0. The Hall–Kier alpha value is -5.88. The van der Waals surface area contributed by atoms with Crippen LogP contribution in [-0.4, -0.2) is 24.8 Å². The fraction of sp³-hybridized carbons (Fsp3) is 0.0270. The van der Waals surface area contributed by atoms with Gasteiger partial charge in [0.15, 0.2) is 0 Å². The predicted molar refractivity (Wildman–Crippen MR) is 173 cm³/mol. The van der Waals surface area contributed by atoms with Gasteiger partial charge in [-0.15, -0.1) is 0 Å². The van der Waals surface area contributed by atoms with E-state index in [0.717, 1.165) is 76.1 Å². The van der Waals surface area contributed by atoms with Crippen molar-refractivity contribution in [3.05, 3.63) is 125 Å². The lowest BCUT2D eigenvalue weighted by Gasteiger charge is -2.19. The molecule has 0 saturated heterocycles. The molecule has 0 unspecified atom stereocenters. The normalized spacial score (nSPS) is 12.5. The standard InChI is InChI=1S/C37H20N4O2/c1-19-10-11-20-23-14-17-26-34-24(35-39-28-7-3-5-9-30(28)41(35)37(26)43)15-12-22(33(23)34)21-13-16-25(31(19)32(20)21)36(42)40-18-38-27-6-2-4-8-29(27)40/h2-18H,1H3. The largest absolute Gasteiger partial charge is 0.268 e. The van der Waals surface area contributed by atoms with E-state index in [1.54, 1.807) is 15.3 Å². The van der Waals surface area contributed by atoms with Gasteiger partial charge in [-0.1, -0.05) is 54.6 Å². The molecule has 0 aliphatic carbocycles. The zero-order valence-corrected chi connectivity index (χ0v) is 22.9. The molecule has 43 heavy (non-hydrogen) atoms. The smallest absolute Gasteiger partial charge is 0.264 e. The van der Waals surface area contributed by atoms with Gasteiger partial charge >= 0.3 is 0 Å². The van der Waals surface area contributed by atoms with Gasteiger partial charge < -0.3 is 0 Å². The molecule has 0 aliphatic rings. The molecule has 0 saturated carbocycles. The first-order valence-corrected chi connectivity index (χ1v) is 14.3. The minimum absolute atomic E-state index is 0.0618. The molecular formula is C37H20N4O2. The van der Waals surface area contributed by atoms with Crippen molar-refractivity contribution in [3.8, 4) is 0 Å². The van der Waals surface area contributed by atoms with E-state index in [1.165, 1.54) is 0 Å². The Labute approximate surface area is 242 Å². The van der Waals surface area contributed by atoms with Crippen molar-refractivity contribution in [3.63, 3.8) is 0 Å². The Morgan fingerprint density at radius 1 is 0.605 bits per heavy atom. The number of pyridine rings is 1. The van der Waals surface area contributed by atoms with Gasteiger partial charge in [-0.3, -0.25) is 18.6 Å². The highest BCUT2D eigenvalue weighted by atomic mass is 16.2. The molecule has 0 fully saturated rings. The Kier molecular flexibility index (Phi) is 4.07. The molecule has 6 heteroatoms. The van der Waals surface area contributed by atoms with E-state index in [0.29, 0.717) is 16.6 Å².